The maximum atomic E-state index is 12.5. The van der Waals surface area contributed by atoms with E-state index in [2.05, 4.69) is 23.5 Å². The highest BCUT2D eigenvalue weighted by molar-refractivity contribution is 5.80. The molecule has 0 aliphatic heterocycles. The van der Waals surface area contributed by atoms with Crippen molar-refractivity contribution < 1.29 is 14.3 Å². The van der Waals surface area contributed by atoms with Crippen molar-refractivity contribution in [3.8, 4) is 11.5 Å². The monoisotopic (exact) mass is 325 g/mol. The Bertz CT molecular complexity index is 727. The summed E-state index contributed by atoms with van der Waals surface area (Å²) < 4.78 is 10.6. The van der Waals surface area contributed by atoms with Gasteiger partial charge in [-0.15, -0.1) is 0 Å². The van der Waals surface area contributed by atoms with Crippen LogP contribution in [0.1, 0.15) is 35.6 Å². The third-order valence-corrected chi connectivity index (χ3v) is 4.55. The first-order chi connectivity index (χ1) is 11.7. The molecule has 0 fully saturated rings. The van der Waals surface area contributed by atoms with Crippen molar-refractivity contribution in [2.24, 2.45) is 0 Å². The Morgan fingerprint density at radius 3 is 2.79 bits per heavy atom. The first kappa shape index (κ1) is 16.4. The van der Waals surface area contributed by atoms with E-state index in [1.165, 1.54) is 11.1 Å². The number of carbonyl (C=O) groups excluding carboxylic acids is 1. The second kappa shape index (κ2) is 7.39. The standard InChI is InChI=1S/C20H23NO3/c1-23-16-11-10-15(19(13-16)24-2)12-20(22)21-18-9-5-7-14-6-3-4-8-17(14)18/h3-4,6,8,10-11,13,18H,5,7,9,12H2,1-2H3,(H,21,22)/t18-/m0/s1. The van der Waals surface area contributed by atoms with Crippen LogP contribution in [0, 0.1) is 0 Å². The summed E-state index contributed by atoms with van der Waals surface area (Å²) in [7, 11) is 3.22. The summed E-state index contributed by atoms with van der Waals surface area (Å²) in [5.74, 6) is 1.41. The van der Waals surface area contributed by atoms with Gasteiger partial charge in [-0.05, 0) is 36.5 Å². The topological polar surface area (TPSA) is 47.6 Å². The molecule has 4 nitrogen and oxygen atoms in total. The summed E-state index contributed by atoms with van der Waals surface area (Å²) in [4.78, 5) is 12.5. The van der Waals surface area contributed by atoms with Gasteiger partial charge < -0.3 is 14.8 Å². The van der Waals surface area contributed by atoms with E-state index in [1.807, 2.05) is 18.2 Å². The fourth-order valence-corrected chi connectivity index (χ4v) is 3.32. The van der Waals surface area contributed by atoms with E-state index in [0.29, 0.717) is 12.2 Å². The highest BCUT2D eigenvalue weighted by atomic mass is 16.5. The van der Waals surface area contributed by atoms with Crippen LogP contribution in [0.2, 0.25) is 0 Å². The van der Waals surface area contributed by atoms with Crippen molar-refractivity contribution in [1.29, 1.82) is 0 Å². The number of methoxy groups -OCH3 is 2. The number of rotatable bonds is 5. The van der Waals surface area contributed by atoms with Crippen LogP contribution >= 0.6 is 0 Å². The average molecular weight is 325 g/mol. The summed E-state index contributed by atoms with van der Waals surface area (Å²) >= 11 is 0. The summed E-state index contributed by atoms with van der Waals surface area (Å²) in [5.41, 5.74) is 3.45. The molecule has 2 aromatic rings. The minimum absolute atomic E-state index is 0.0140. The molecule has 1 atom stereocenters. The minimum atomic E-state index is 0.0140. The molecule has 126 valence electrons. The van der Waals surface area contributed by atoms with Gasteiger partial charge in [-0.1, -0.05) is 30.3 Å². The van der Waals surface area contributed by atoms with Crippen LogP contribution in [-0.4, -0.2) is 20.1 Å². The summed E-state index contributed by atoms with van der Waals surface area (Å²) in [6.07, 6.45) is 3.48. The second-order valence-electron chi connectivity index (χ2n) is 6.07. The number of nitrogens with one attached hydrogen (secondary N) is 1. The molecule has 0 radical (unpaired) electrons. The molecule has 0 bridgehead atoms. The Hall–Kier alpha value is -2.49. The van der Waals surface area contributed by atoms with Gasteiger partial charge in [0.05, 0.1) is 26.7 Å². The molecule has 0 saturated carbocycles. The Morgan fingerprint density at radius 1 is 1.17 bits per heavy atom. The maximum absolute atomic E-state index is 12.5. The predicted molar refractivity (Wildman–Crippen MR) is 93.5 cm³/mol. The summed E-state index contributed by atoms with van der Waals surface area (Å²) in [6.45, 7) is 0. The first-order valence-electron chi connectivity index (χ1n) is 8.29. The number of amides is 1. The van der Waals surface area contributed by atoms with Crippen molar-refractivity contribution >= 4 is 5.91 Å². The molecule has 3 rings (SSSR count). The molecule has 0 unspecified atom stereocenters. The largest absolute Gasteiger partial charge is 0.497 e. The molecule has 24 heavy (non-hydrogen) atoms. The van der Waals surface area contributed by atoms with Crippen LogP contribution in [0.5, 0.6) is 11.5 Å². The Kier molecular flexibility index (Phi) is 5.04. The lowest BCUT2D eigenvalue weighted by atomic mass is 9.87. The number of hydrogen-bond donors (Lipinski definition) is 1. The minimum Gasteiger partial charge on any atom is -0.497 e. The lowest BCUT2D eigenvalue weighted by Gasteiger charge is -2.26. The van der Waals surface area contributed by atoms with Crippen molar-refractivity contribution in [1.82, 2.24) is 5.32 Å². The number of benzene rings is 2. The number of aryl methyl sites for hydroxylation is 1. The summed E-state index contributed by atoms with van der Waals surface area (Å²) in [6, 6.07) is 14.0. The smallest absolute Gasteiger partial charge is 0.225 e. The van der Waals surface area contributed by atoms with E-state index in [-0.39, 0.29) is 11.9 Å². The fraction of sp³-hybridized carbons (Fsp3) is 0.350. The fourth-order valence-electron chi connectivity index (χ4n) is 3.32. The molecule has 0 spiro atoms. The van der Waals surface area contributed by atoms with E-state index in [4.69, 9.17) is 9.47 Å². The van der Waals surface area contributed by atoms with Gasteiger partial charge in [-0.25, -0.2) is 0 Å². The first-order valence-corrected chi connectivity index (χ1v) is 8.29. The van der Waals surface area contributed by atoms with Gasteiger partial charge in [-0.3, -0.25) is 4.79 Å². The molecule has 1 aliphatic carbocycles. The van der Waals surface area contributed by atoms with Crippen molar-refractivity contribution in [3.63, 3.8) is 0 Å². The van der Waals surface area contributed by atoms with Crippen molar-refractivity contribution in [2.45, 2.75) is 31.7 Å². The molecule has 0 saturated heterocycles. The van der Waals surface area contributed by atoms with Gasteiger partial charge in [-0.2, -0.15) is 0 Å². The number of fused-ring (bicyclic) bond motifs is 1. The lowest BCUT2D eigenvalue weighted by Crippen LogP contribution is -2.32. The van der Waals surface area contributed by atoms with E-state index >= 15 is 0 Å². The molecule has 1 aliphatic rings. The zero-order chi connectivity index (χ0) is 16.9. The zero-order valence-corrected chi connectivity index (χ0v) is 14.2. The Labute approximate surface area is 142 Å². The van der Waals surface area contributed by atoms with Crippen molar-refractivity contribution in [3.05, 3.63) is 59.2 Å². The molecule has 2 aromatic carbocycles. The third-order valence-electron chi connectivity index (χ3n) is 4.55. The van der Waals surface area contributed by atoms with E-state index in [9.17, 15) is 4.79 Å². The molecule has 1 N–H and O–H groups in total. The van der Waals surface area contributed by atoms with Gasteiger partial charge in [0.2, 0.25) is 5.91 Å². The molecule has 0 aromatic heterocycles. The number of ether oxygens (including phenoxy) is 2. The second-order valence-corrected chi connectivity index (χ2v) is 6.07. The van der Waals surface area contributed by atoms with E-state index in [0.717, 1.165) is 30.6 Å². The quantitative estimate of drug-likeness (QED) is 0.916. The van der Waals surface area contributed by atoms with Crippen LogP contribution in [-0.2, 0) is 17.6 Å². The summed E-state index contributed by atoms with van der Waals surface area (Å²) in [5, 5.41) is 3.18. The van der Waals surface area contributed by atoms with Gasteiger partial charge in [0, 0.05) is 11.6 Å². The van der Waals surface area contributed by atoms with Crippen LogP contribution in [0.25, 0.3) is 0 Å². The number of carbonyl (C=O) groups is 1. The highest BCUT2D eigenvalue weighted by Crippen LogP contribution is 2.30. The third kappa shape index (κ3) is 3.53. The van der Waals surface area contributed by atoms with E-state index < -0.39 is 0 Å². The average Bonchev–Trinajstić information content (AvgIpc) is 2.62. The van der Waals surface area contributed by atoms with Crippen LogP contribution in [0.15, 0.2) is 42.5 Å². The van der Waals surface area contributed by atoms with Gasteiger partial charge >= 0.3 is 0 Å². The SMILES string of the molecule is COc1ccc(CC(=O)N[C@H]2CCCc3ccccc32)c(OC)c1. The molecular formula is C20H23NO3. The molecule has 1 amide bonds. The molecule has 4 heteroatoms. The highest BCUT2D eigenvalue weighted by Gasteiger charge is 2.21. The molecule has 0 heterocycles. The van der Waals surface area contributed by atoms with Gasteiger partial charge in [0.15, 0.2) is 0 Å². The van der Waals surface area contributed by atoms with Crippen LogP contribution in [0.4, 0.5) is 0 Å². The predicted octanol–water partition coefficient (Wildman–Crippen LogP) is 3.44. The van der Waals surface area contributed by atoms with E-state index in [1.54, 1.807) is 20.3 Å². The Morgan fingerprint density at radius 2 is 2.00 bits per heavy atom. The maximum Gasteiger partial charge on any atom is 0.225 e. The van der Waals surface area contributed by atoms with Crippen LogP contribution < -0.4 is 14.8 Å². The van der Waals surface area contributed by atoms with Gasteiger partial charge in [0.1, 0.15) is 11.5 Å². The zero-order valence-electron chi connectivity index (χ0n) is 14.2. The van der Waals surface area contributed by atoms with Crippen molar-refractivity contribution in [2.75, 3.05) is 14.2 Å². The van der Waals surface area contributed by atoms with Gasteiger partial charge in [0.25, 0.3) is 0 Å². The normalized spacial score (nSPS) is 16.2. The Balaban J connectivity index is 1.71. The number of hydrogen-bond acceptors (Lipinski definition) is 3. The molecular weight excluding hydrogens is 302 g/mol. The van der Waals surface area contributed by atoms with Crippen LogP contribution in [0.3, 0.4) is 0 Å². The lowest BCUT2D eigenvalue weighted by molar-refractivity contribution is -0.121.